The van der Waals surface area contributed by atoms with Crippen molar-refractivity contribution in [2.75, 3.05) is 5.32 Å². The standard InChI is InChI=1S/C22H23ClN4O4/c1-11(2)21(30)26-19-15-8-9-27(20(15)25-10-24-19)22-17(29)16(28)18(31-22)12(3)13-4-6-14(23)7-5-13/h4-10,12,16-18,22,28-29H,1H2,2-3H3,(H,24,25,26,30)/t12-,16-,17+,18+,22+/m0/s1. The molecule has 0 spiro atoms. The normalized spacial score (nSPS) is 24.3. The predicted molar refractivity (Wildman–Crippen MR) is 117 cm³/mol. The van der Waals surface area contributed by atoms with E-state index in [0.717, 1.165) is 5.56 Å². The van der Waals surface area contributed by atoms with Crippen LogP contribution < -0.4 is 5.32 Å². The zero-order valence-electron chi connectivity index (χ0n) is 17.1. The molecule has 5 atom stereocenters. The van der Waals surface area contributed by atoms with Crippen LogP contribution in [0.2, 0.25) is 5.02 Å². The number of rotatable bonds is 5. The van der Waals surface area contributed by atoms with Crippen molar-refractivity contribution in [1.82, 2.24) is 14.5 Å². The minimum absolute atomic E-state index is 0.186. The number of nitrogens with zero attached hydrogens (tertiary/aromatic N) is 3. The minimum Gasteiger partial charge on any atom is -0.387 e. The maximum absolute atomic E-state index is 12.0. The summed E-state index contributed by atoms with van der Waals surface area (Å²) in [6.45, 7) is 7.15. The lowest BCUT2D eigenvalue weighted by molar-refractivity contribution is -0.112. The van der Waals surface area contributed by atoms with Crippen LogP contribution in [0.3, 0.4) is 0 Å². The number of amides is 1. The number of aliphatic hydroxyl groups is 2. The average molecular weight is 443 g/mol. The number of carbonyl (C=O) groups excluding carboxylic acids is 1. The molecule has 3 N–H and O–H groups in total. The Balaban J connectivity index is 1.63. The number of aliphatic hydroxyl groups excluding tert-OH is 2. The minimum atomic E-state index is -1.17. The van der Waals surface area contributed by atoms with E-state index in [1.807, 2.05) is 19.1 Å². The highest BCUT2D eigenvalue weighted by Crippen LogP contribution is 2.38. The third-order valence-electron chi connectivity index (χ3n) is 5.57. The Labute approximate surface area is 184 Å². The van der Waals surface area contributed by atoms with Crippen molar-refractivity contribution in [3.8, 4) is 0 Å². The van der Waals surface area contributed by atoms with E-state index >= 15 is 0 Å². The second kappa shape index (κ2) is 8.39. The van der Waals surface area contributed by atoms with Crippen molar-refractivity contribution in [2.45, 2.75) is 44.3 Å². The van der Waals surface area contributed by atoms with Crippen LogP contribution in [0.25, 0.3) is 11.0 Å². The molecule has 0 aliphatic carbocycles. The van der Waals surface area contributed by atoms with Gasteiger partial charge >= 0.3 is 0 Å². The van der Waals surface area contributed by atoms with Crippen LogP contribution in [0.15, 0.2) is 55.0 Å². The first-order chi connectivity index (χ1) is 14.8. The lowest BCUT2D eigenvalue weighted by Gasteiger charge is -2.22. The summed E-state index contributed by atoms with van der Waals surface area (Å²) < 4.78 is 7.75. The van der Waals surface area contributed by atoms with E-state index in [-0.39, 0.29) is 11.8 Å². The molecular weight excluding hydrogens is 420 g/mol. The lowest BCUT2D eigenvalue weighted by Crippen LogP contribution is -2.34. The molecule has 31 heavy (non-hydrogen) atoms. The fourth-order valence-electron chi connectivity index (χ4n) is 3.77. The molecule has 0 radical (unpaired) electrons. The van der Waals surface area contributed by atoms with Gasteiger partial charge in [-0.25, -0.2) is 9.97 Å². The van der Waals surface area contributed by atoms with Gasteiger partial charge < -0.3 is 24.8 Å². The number of carbonyl (C=O) groups is 1. The molecule has 3 heterocycles. The van der Waals surface area contributed by atoms with E-state index in [9.17, 15) is 15.0 Å². The van der Waals surface area contributed by atoms with Gasteiger partial charge in [0, 0.05) is 22.7 Å². The first-order valence-corrected chi connectivity index (χ1v) is 10.2. The van der Waals surface area contributed by atoms with Crippen molar-refractivity contribution in [3.63, 3.8) is 0 Å². The van der Waals surface area contributed by atoms with Gasteiger partial charge in [0.15, 0.2) is 6.23 Å². The number of aromatic nitrogens is 3. The highest BCUT2D eigenvalue weighted by Gasteiger charge is 2.46. The van der Waals surface area contributed by atoms with E-state index in [2.05, 4.69) is 21.9 Å². The van der Waals surface area contributed by atoms with Crippen LogP contribution in [0.1, 0.15) is 31.6 Å². The molecule has 1 aliphatic heterocycles. The Morgan fingerprint density at radius 2 is 1.94 bits per heavy atom. The van der Waals surface area contributed by atoms with Gasteiger partial charge in [0.05, 0.1) is 11.5 Å². The molecule has 9 heteroatoms. The topological polar surface area (TPSA) is 110 Å². The van der Waals surface area contributed by atoms with Crippen molar-refractivity contribution in [3.05, 3.63) is 65.6 Å². The molecule has 3 aromatic rings. The van der Waals surface area contributed by atoms with Crippen molar-refractivity contribution >= 4 is 34.4 Å². The molecule has 1 fully saturated rings. The predicted octanol–water partition coefficient (Wildman–Crippen LogP) is 3.02. The summed E-state index contributed by atoms with van der Waals surface area (Å²) in [6.07, 6.45) is -0.754. The molecule has 1 saturated heterocycles. The monoisotopic (exact) mass is 442 g/mol. The molecule has 1 amide bonds. The van der Waals surface area contributed by atoms with Gasteiger partial charge in [-0.15, -0.1) is 0 Å². The molecular formula is C22H23ClN4O4. The van der Waals surface area contributed by atoms with E-state index < -0.39 is 24.5 Å². The van der Waals surface area contributed by atoms with Crippen LogP contribution in [0, 0.1) is 0 Å². The van der Waals surface area contributed by atoms with Gasteiger partial charge in [-0.05, 0) is 30.7 Å². The Hall–Kier alpha value is -2.78. The number of fused-ring (bicyclic) bond motifs is 1. The van der Waals surface area contributed by atoms with E-state index in [0.29, 0.717) is 27.4 Å². The number of nitrogens with one attached hydrogen (secondary N) is 1. The van der Waals surface area contributed by atoms with Gasteiger partial charge in [-0.3, -0.25) is 4.79 Å². The highest BCUT2D eigenvalue weighted by atomic mass is 35.5. The number of anilines is 1. The summed E-state index contributed by atoms with van der Waals surface area (Å²) in [4.78, 5) is 20.4. The Kier molecular flexibility index (Phi) is 5.81. The Morgan fingerprint density at radius 1 is 1.23 bits per heavy atom. The number of halogens is 1. The second-order valence-electron chi connectivity index (χ2n) is 7.73. The number of ether oxygens (including phenoxy) is 1. The lowest BCUT2D eigenvalue weighted by atomic mass is 9.91. The Morgan fingerprint density at radius 3 is 2.61 bits per heavy atom. The molecule has 8 nitrogen and oxygen atoms in total. The quantitative estimate of drug-likeness (QED) is 0.524. The fraction of sp³-hybridized carbons (Fsp3) is 0.318. The third-order valence-corrected chi connectivity index (χ3v) is 5.82. The van der Waals surface area contributed by atoms with Crippen molar-refractivity contribution < 1.29 is 19.7 Å². The molecule has 162 valence electrons. The SMILES string of the molecule is C=C(C)C(=O)Nc1ncnc2c1ccn2[C@@H]1O[C@H]([C@@H](C)c2ccc(Cl)cc2)[C@@H](O)[C@H]1O. The van der Waals surface area contributed by atoms with Gasteiger partial charge in [0.2, 0.25) is 0 Å². The summed E-state index contributed by atoms with van der Waals surface area (Å²) in [6, 6.07) is 9.02. The maximum Gasteiger partial charge on any atom is 0.251 e. The largest absolute Gasteiger partial charge is 0.387 e. The zero-order chi connectivity index (χ0) is 22.3. The first-order valence-electron chi connectivity index (χ1n) is 9.83. The van der Waals surface area contributed by atoms with Gasteiger partial charge in [0.1, 0.15) is 30.0 Å². The van der Waals surface area contributed by atoms with Crippen LogP contribution >= 0.6 is 11.6 Å². The van der Waals surface area contributed by atoms with Gasteiger partial charge in [-0.2, -0.15) is 0 Å². The zero-order valence-corrected chi connectivity index (χ0v) is 17.8. The van der Waals surface area contributed by atoms with Gasteiger partial charge in [0.25, 0.3) is 5.91 Å². The van der Waals surface area contributed by atoms with E-state index in [1.165, 1.54) is 6.33 Å². The smallest absolute Gasteiger partial charge is 0.251 e. The molecule has 1 aromatic carbocycles. The highest BCUT2D eigenvalue weighted by molar-refractivity contribution is 6.30. The van der Waals surface area contributed by atoms with Crippen LogP contribution in [-0.2, 0) is 9.53 Å². The van der Waals surface area contributed by atoms with Gasteiger partial charge in [-0.1, -0.05) is 37.2 Å². The summed E-state index contributed by atoms with van der Waals surface area (Å²) in [5.74, 6) is -0.207. The second-order valence-corrected chi connectivity index (χ2v) is 8.17. The van der Waals surface area contributed by atoms with Crippen molar-refractivity contribution in [2.24, 2.45) is 0 Å². The Bertz CT molecular complexity index is 1130. The fourth-order valence-corrected chi connectivity index (χ4v) is 3.90. The van der Waals surface area contributed by atoms with E-state index in [1.54, 1.807) is 35.9 Å². The average Bonchev–Trinajstić information content (AvgIpc) is 3.30. The molecule has 4 rings (SSSR count). The number of hydrogen-bond acceptors (Lipinski definition) is 6. The maximum atomic E-state index is 12.0. The van der Waals surface area contributed by atoms with Crippen LogP contribution in [0.5, 0.6) is 0 Å². The first kappa shape index (κ1) is 21.5. The molecule has 2 aromatic heterocycles. The molecule has 0 unspecified atom stereocenters. The third kappa shape index (κ3) is 3.95. The molecule has 0 saturated carbocycles. The van der Waals surface area contributed by atoms with Crippen molar-refractivity contribution in [1.29, 1.82) is 0 Å². The summed E-state index contributed by atoms with van der Waals surface area (Å²) in [5.41, 5.74) is 1.75. The molecule has 0 bridgehead atoms. The molecule has 1 aliphatic rings. The van der Waals surface area contributed by atoms with Crippen LogP contribution in [0.4, 0.5) is 5.82 Å². The van der Waals surface area contributed by atoms with E-state index in [4.69, 9.17) is 16.3 Å². The summed E-state index contributed by atoms with van der Waals surface area (Å²) in [7, 11) is 0. The number of benzene rings is 1. The van der Waals surface area contributed by atoms with Crippen LogP contribution in [-0.4, -0.2) is 49.0 Å². The summed E-state index contributed by atoms with van der Waals surface area (Å²) in [5, 5.41) is 25.3. The number of hydrogen-bond donors (Lipinski definition) is 3. The summed E-state index contributed by atoms with van der Waals surface area (Å²) >= 11 is 5.97.